The number of benzene rings is 2. The summed E-state index contributed by atoms with van der Waals surface area (Å²) in [5.41, 5.74) is 3.35. The molecule has 0 atom stereocenters. The van der Waals surface area contributed by atoms with Gasteiger partial charge in [-0.3, -0.25) is 4.79 Å². The van der Waals surface area contributed by atoms with Crippen molar-refractivity contribution < 1.29 is 13.9 Å². The number of hydrogen-bond acceptors (Lipinski definition) is 5. The molecule has 0 bridgehead atoms. The number of aromatic nitrogens is 1. The van der Waals surface area contributed by atoms with Crippen LogP contribution in [0.3, 0.4) is 0 Å². The standard InChI is InChI=1S/C22H25N3O3.ClH/c1-16-7-9-17(10-8-16)20-15-25-22(28-20)19-6-4-3-5-18(19)21(26)24-12-11-23-13-14-27-2;/h3-10,15,23H,11-14H2,1-2H3,(H,24,26);1H. The highest BCUT2D eigenvalue weighted by molar-refractivity contribution is 6.00. The molecule has 0 unspecified atom stereocenters. The molecule has 154 valence electrons. The summed E-state index contributed by atoms with van der Waals surface area (Å²) in [6.07, 6.45) is 1.69. The Balaban J connectivity index is 0.00000300. The number of rotatable bonds is 9. The molecule has 0 saturated heterocycles. The van der Waals surface area contributed by atoms with Crippen molar-refractivity contribution in [3.05, 3.63) is 65.9 Å². The predicted molar refractivity (Wildman–Crippen MR) is 116 cm³/mol. The van der Waals surface area contributed by atoms with E-state index >= 15 is 0 Å². The van der Waals surface area contributed by atoms with E-state index in [1.165, 1.54) is 5.56 Å². The van der Waals surface area contributed by atoms with Gasteiger partial charge >= 0.3 is 0 Å². The van der Waals surface area contributed by atoms with Crippen molar-refractivity contribution in [1.82, 2.24) is 15.6 Å². The summed E-state index contributed by atoms with van der Waals surface area (Å²) >= 11 is 0. The zero-order chi connectivity index (χ0) is 19.8. The fourth-order valence-electron chi connectivity index (χ4n) is 2.78. The number of nitrogens with zero attached hydrogens (tertiary/aromatic N) is 1. The van der Waals surface area contributed by atoms with Gasteiger partial charge in [-0.25, -0.2) is 4.98 Å². The maximum atomic E-state index is 12.6. The lowest BCUT2D eigenvalue weighted by Gasteiger charge is -2.09. The van der Waals surface area contributed by atoms with Crippen molar-refractivity contribution in [2.45, 2.75) is 6.92 Å². The van der Waals surface area contributed by atoms with Gasteiger partial charge in [-0.15, -0.1) is 12.4 Å². The minimum absolute atomic E-state index is 0. The molecule has 7 heteroatoms. The van der Waals surface area contributed by atoms with Crippen molar-refractivity contribution in [2.24, 2.45) is 0 Å². The molecule has 6 nitrogen and oxygen atoms in total. The highest BCUT2D eigenvalue weighted by Gasteiger charge is 2.16. The number of carbonyl (C=O) groups excluding carboxylic acids is 1. The molecular formula is C22H26ClN3O3. The summed E-state index contributed by atoms with van der Waals surface area (Å²) in [4.78, 5) is 17.0. The van der Waals surface area contributed by atoms with E-state index in [-0.39, 0.29) is 18.3 Å². The number of methoxy groups -OCH3 is 1. The van der Waals surface area contributed by atoms with Gasteiger partial charge in [0.15, 0.2) is 5.76 Å². The van der Waals surface area contributed by atoms with E-state index in [1.807, 2.05) is 49.4 Å². The van der Waals surface area contributed by atoms with Crippen molar-refractivity contribution in [1.29, 1.82) is 0 Å². The highest BCUT2D eigenvalue weighted by Crippen LogP contribution is 2.28. The van der Waals surface area contributed by atoms with Gasteiger partial charge in [0.25, 0.3) is 5.91 Å². The fourth-order valence-corrected chi connectivity index (χ4v) is 2.78. The molecule has 3 rings (SSSR count). The average Bonchev–Trinajstić information content (AvgIpc) is 3.21. The van der Waals surface area contributed by atoms with Gasteiger partial charge in [0.2, 0.25) is 5.89 Å². The van der Waals surface area contributed by atoms with Gasteiger partial charge in [-0.1, -0.05) is 42.0 Å². The molecule has 0 fully saturated rings. The summed E-state index contributed by atoms with van der Waals surface area (Å²) in [7, 11) is 1.66. The largest absolute Gasteiger partial charge is 0.436 e. The van der Waals surface area contributed by atoms with Crippen molar-refractivity contribution >= 4 is 18.3 Å². The summed E-state index contributed by atoms with van der Waals surface area (Å²) in [6.45, 7) is 4.63. The Morgan fingerprint density at radius 3 is 2.59 bits per heavy atom. The van der Waals surface area contributed by atoms with E-state index < -0.39 is 0 Å². The van der Waals surface area contributed by atoms with Crippen LogP contribution in [0.1, 0.15) is 15.9 Å². The van der Waals surface area contributed by atoms with Crippen molar-refractivity contribution in [3.8, 4) is 22.8 Å². The van der Waals surface area contributed by atoms with Gasteiger partial charge < -0.3 is 19.8 Å². The normalized spacial score (nSPS) is 10.4. The quantitative estimate of drug-likeness (QED) is 0.521. The van der Waals surface area contributed by atoms with E-state index in [1.54, 1.807) is 19.4 Å². The molecule has 3 aromatic rings. The Bertz CT molecular complexity index is 910. The SMILES string of the molecule is COCCNCCNC(=O)c1ccccc1-c1ncc(-c2ccc(C)cc2)o1.Cl. The number of ether oxygens (including phenoxy) is 1. The van der Waals surface area contributed by atoms with Gasteiger partial charge in [-0.05, 0) is 19.1 Å². The topological polar surface area (TPSA) is 76.4 Å². The molecule has 0 aliphatic heterocycles. The van der Waals surface area contributed by atoms with Crippen LogP contribution in [0.2, 0.25) is 0 Å². The Hall–Kier alpha value is -2.67. The fraction of sp³-hybridized carbons (Fsp3) is 0.273. The van der Waals surface area contributed by atoms with E-state index in [0.29, 0.717) is 42.5 Å². The van der Waals surface area contributed by atoms with Crippen LogP contribution in [-0.2, 0) is 4.74 Å². The Morgan fingerprint density at radius 1 is 1.07 bits per heavy atom. The average molecular weight is 416 g/mol. The summed E-state index contributed by atoms with van der Waals surface area (Å²) in [5.74, 6) is 0.950. The summed E-state index contributed by atoms with van der Waals surface area (Å²) in [5, 5.41) is 6.11. The highest BCUT2D eigenvalue weighted by atomic mass is 35.5. The third kappa shape index (κ3) is 6.15. The first-order valence-corrected chi connectivity index (χ1v) is 9.29. The van der Waals surface area contributed by atoms with E-state index in [2.05, 4.69) is 15.6 Å². The number of nitrogens with one attached hydrogen (secondary N) is 2. The lowest BCUT2D eigenvalue weighted by atomic mass is 10.1. The molecule has 2 aromatic carbocycles. The molecule has 1 heterocycles. The lowest BCUT2D eigenvalue weighted by molar-refractivity contribution is 0.0954. The molecule has 1 aromatic heterocycles. The van der Waals surface area contributed by atoms with E-state index in [0.717, 1.165) is 12.1 Å². The minimum atomic E-state index is -0.153. The summed E-state index contributed by atoms with van der Waals surface area (Å²) in [6, 6.07) is 15.4. The third-order valence-corrected chi connectivity index (χ3v) is 4.31. The first-order valence-electron chi connectivity index (χ1n) is 9.29. The predicted octanol–water partition coefficient (Wildman–Crippen LogP) is 3.70. The molecule has 0 radical (unpaired) electrons. The van der Waals surface area contributed by atoms with Crippen molar-refractivity contribution in [2.75, 3.05) is 33.4 Å². The monoisotopic (exact) mass is 415 g/mol. The number of halogens is 1. The molecule has 0 aliphatic carbocycles. The molecule has 1 amide bonds. The van der Waals surface area contributed by atoms with Crippen molar-refractivity contribution in [3.63, 3.8) is 0 Å². The zero-order valence-electron chi connectivity index (χ0n) is 16.6. The van der Waals surface area contributed by atoms with Crippen LogP contribution in [0.25, 0.3) is 22.8 Å². The molecule has 0 spiro atoms. The van der Waals surface area contributed by atoms with Gasteiger partial charge in [0.05, 0.1) is 18.4 Å². The van der Waals surface area contributed by atoms with Crippen LogP contribution in [-0.4, -0.2) is 44.2 Å². The van der Waals surface area contributed by atoms with Gasteiger partial charge in [0.1, 0.15) is 0 Å². The van der Waals surface area contributed by atoms with Crippen LogP contribution in [0.15, 0.2) is 59.1 Å². The molecular weight excluding hydrogens is 390 g/mol. The Morgan fingerprint density at radius 2 is 1.83 bits per heavy atom. The molecule has 2 N–H and O–H groups in total. The minimum Gasteiger partial charge on any atom is -0.436 e. The second kappa shape index (κ2) is 11.4. The number of hydrogen-bond donors (Lipinski definition) is 2. The lowest BCUT2D eigenvalue weighted by Crippen LogP contribution is -2.33. The Kier molecular flexibility index (Phi) is 8.86. The smallest absolute Gasteiger partial charge is 0.252 e. The third-order valence-electron chi connectivity index (χ3n) is 4.31. The second-order valence-corrected chi connectivity index (χ2v) is 6.44. The first kappa shape index (κ1) is 22.6. The van der Waals surface area contributed by atoms with Crippen LogP contribution >= 0.6 is 12.4 Å². The summed E-state index contributed by atoms with van der Waals surface area (Å²) < 4.78 is 10.9. The number of oxazole rings is 1. The van der Waals surface area contributed by atoms with Crippen LogP contribution in [0.5, 0.6) is 0 Å². The number of amides is 1. The first-order chi connectivity index (χ1) is 13.7. The zero-order valence-corrected chi connectivity index (χ0v) is 17.4. The maximum Gasteiger partial charge on any atom is 0.252 e. The second-order valence-electron chi connectivity index (χ2n) is 6.44. The maximum absolute atomic E-state index is 12.6. The van der Waals surface area contributed by atoms with E-state index in [9.17, 15) is 4.79 Å². The van der Waals surface area contributed by atoms with Gasteiger partial charge in [0, 0.05) is 37.9 Å². The Labute approximate surface area is 177 Å². The molecule has 0 aliphatic rings. The molecule has 0 saturated carbocycles. The molecule has 29 heavy (non-hydrogen) atoms. The number of carbonyl (C=O) groups is 1. The van der Waals surface area contributed by atoms with Crippen LogP contribution < -0.4 is 10.6 Å². The number of aryl methyl sites for hydroxylation is 1. The van der Waals surface area contributed by atoms with E-state index in [4.69, 9.17) is 9.15 Å². The van der Waals surface area contributed by atoms with Gasteiger partial charge in [-0.2, -0.15) is 0 Å². The van der Waals surface area contributed by atoms with Crippen LogP contribution in [0.4, 0.5) is 0 Å². The van der Waals surface area contributed by atoms with Crippen LogP contribution in [0, 0.1) is 6.92 Å².